The minimum atomic E-state index is -0.717. The summed E-state index contributed by atoms with van der Waals surface area (Å²) in [5.41, 5.74) is 0.845. The van der Waals surface area contributed by atoms with Gasteiger partial charge < -0.3 is 14.8 Å². The zero-order valence-electron chi connectivity index (χ0n) is 13.2. The van der Waals surface area contributed by atoms with Crippen molar-refractivity contribution in [1.29, 1.82) is 0 Å². The number of aromatic nitrogens is 1. The van der Waals surface area contributed by atoms with Crippen molar-refractivity contribution in [3.63, 3.8) is 0 Å². The van der Waals surface area contributed by atoms with Crippen molar-refractivity contribution in [1.82, 2.24) is 4.98 Å². The number of rotatable bonds is 4. The molecule has 1 aromatic heterocycles. The van der Waals surface area contributed by atoms with Crippen molar-refractivity contribution >= 4 is 11.6 Å². The summed E-state index contributed by atoms with van der Waals surface area (Å²) in [6, 6.07) is 1.86. The summed E-state index contributed by atoms with van der Waals surface area (Å²) in [7, 11) is 3.20. The van der Waals surface area contributed by atoms with Gasteiger partial charge in [-0.25, -0.2) is 4.98 Å². The van der Waals surface area contributed by atoms with Crippen LogP contribution in [-0.2, 0) is 9.53 Å². The number of nitrogens with one attached hydrogen (secondary N) is 1. The molecule has 21 heavy (non-hydrogen) atoms. The van der Waals surface area contributed by atoms with E-state index in [1.807, 2.05) is 13.0 Å². The van der Waals surface area contributed by atoms with Gasteiger partial charge in [0.2, 0.25) is 5.88 Å². The monoisotopic (exact) mass is 292 g/mol. The molecule has 5 nitrogen and oxygen atoms in total. The molecule has 1 N–H and O–H groups in total. The second kappa shape index (κ2) is 6.43. The maximum Gasteiger partial charge on any atom is 0.256 e. The number of amides is 1. The van der Waals surface area contributed by atoms with Crippen molar-refractivity contribution in [3.8, 4) is 5.88 Å². The van der Waals surface area contributed by atoms with Gasteiger partial charge >= 0.3 is 0 Å². The van der Waals surface area contributed by atoms with Crippen LogP contribution in [-0.4, -0.2) is 30.7 Å². The quantitative estimate of drug-likeness (QED) is 0.927. The molecular formula is C16H24N2O3. The van der Waals surface area contributed by atoms with E-state index in [1.165, 1.54) is 0 Å². The molecule has 1 saturated carbocycles. The van der Waals surface area contributed by atoms with E-state index in [-0.39, 0.29) is 5.91 Å². The van der Waals surface area contributed by atoms with Gasteiger partial charge in [0, 0.05) is 12.7 Å². The normalized spacial score (nSPS) is 25.4. The second-order valence-corrected chi connectivity index (χ2v) is 5.90. The molecule has 0 aromatic carbocycles. The van der Waals surface area contributed by atoms with Gasteiger partial charge in [-0.05, 0) is 38.2 Å². The van der Waals surface area contributed by atoms with Crippen LogP contribution in [0.2, 0.25) is 0 Å². The van der Waals surface area contributed by atoms with Crippen molar-refractivity contribution < 1.29 is 14.3 Å². The van der Waals surface area contributed by atoms with Crippen LogP contribution in [0.5, 0.6) is 5.88 Å². The van der Waals surface area contributed by atoms with E-state index in [2.05, 4.69) is 17.2 Å². The van der Waals surface area contributed by atoms with Crippen LogP contribution in [0.3, 0.4) is 0 Å². The number of ether oxygens (including phenoxy) is 2. The number of carbonyl (C=O) groups is 1. The number of nitrogens with zero attached hydrogens (tertiary/aromatic N) is 1. The molecule has 0 aliphatic heterocycles. The Morgan fingerprint density at radius 3 is 2.81 bits per heavy atom. The number of pyridine rings is 1. The Bertz CT molecular complexity index is 518. The predicted octanol–water partition coefficient (Wildman–Crippen LogP) is 2.93. The highest BCUT2D eigenvalue weighted by Gasteiger charge is 2.42. The van der Waals surface area contributed by atoms with Crippen molar-refractivity contribution in [2.24, 2.45) is 5.92 Å². The Hall–Kier alpha value is -1.62. The van der Waals surface area contributed by atoms with Gasteiger partial charge in [0.05, 0.1) is 19.0 Å². The van der Waals surface area contributed by atoms with Gasteiger partial charge in [0.15, 0.2) is 0 Å². The van der Waals surface area contributed by atoms with Crippen LogP contribution < -0.4 is 10.1 Å². The minimum absolute atomic E-state index is 0.0806. The first-order chi connectivity index (χ1) is 10.0. The zero-order valence-corrected chi connectivity index (χ0v) is 13.2. The van der Waals surface area contributed by atoms with Crippen molar-refractivity contribution in [2.75, 3.05) is 19.5 Å². The molecule has 0 spiro atoms. The van der Waals surface area contributed by atoms with E-state index in [4.69, 9.17) is 9.47 Å². The molecule has 0 radical (unpaired) electrons. The summed E-state index contributed by atoms with van der Waals surface area (Å²) in [5.74, 6) is 0.990. The number of anilines is 1. The Balaban J connectivity index is 2.14. The molecule has 2 rings (SSSR count). The van der Waals surface area contributed by atoms with Crippen LogP contribution in [0, 0.1) is 12.8 Å². The summed E-state index contributed by atoms with van der Waals surface area (Å²) in [4.78, 5) is 16.8. The van der Waals surface area contributed by atoms with E-state index in [9.17, 15) is 4.79 Å². The largest absolute Gasteiger partial charge is 0.481 e. The van der Waals surface area contributed by atoms with Crippen LogP contribution >= 0.6 is 0 Å². The van der Waals surface area contributed by atoms with E-state index >= 15 is 0 Å². The van der Waals surface area contributed by atoms with E-state index in [1.54, 1.807) is 20.4 Å². The Morgan fingerprint density at radius 2 is 2.24 bits per heavy atom. The lowest BCUT2D eigenvalue weighted by Crippen LogP contribution is -2.47. The molecule has 5 heteroatoms. The lowest BCUT2D eigenvalue weighted by molar-refractivity contribution is -0.143. The molecule has 2 atom stereocenters. The lowest BCUT2D eigenvalue weighted by Gasteiger charge is -2.37. The average Bonchev–Trinajstić information content (AvgIpc) is 2.47. The number of methoxy groups -OCH3 is 2. The fraction of sp³-hybridized carbons (Fsp3) is 0.625. The third-order valence-electron chi connectivity index (χ3n) is 4.24. The molecule has 116 valence electrons. The smallest absolute Gasteiger partial charge is 0.256 e. The third-order valence-corrected chi connectivity index (χ3v) is 4.24. The lowest BCUT2D eigenvalue weighted by atomic mass is 9.78. The van der Waals surface area contributed by atoms with Crippen LogP contribution in [0.15, 0.2) is 12.3 Å². The van der Waals surface area contributed by atoms with Crippen molar-refractivity contribution in [2.45, 2.75) is 45.1 Å². The van der Waals surface area contributed by atoms with Crippen LogP contribution in [0.4, 0.5) is 5.69 Å². The average molecular weight is 292 g/mol. The standard InChI is InChI=1S/C16H24N2O3/c1-11-6-5-7-16(9-11,21-4)15(19)18-13-8-12(2)14(20-3)17-10-13/h8,10-11H,5-7,9H2,1-4H3,(H,18,19)/t11-,16-/m1/s1. The highest BCUT2D eigenvalue weighted by atomic mass is 16.5. The van der Waals surface area contributed by atoms with Gasteiger partial charge in [-0.2, -0.15) is 0 Å². The molecule has 1 aliphatic rings. The third kappa shape index (κ3) is 3.35. The van der Waals surface area contributed by atoms with Gasteiger partial charge in [0.25, 0.3) is 5.91 Å². The molecule has 0 saturated heterocycles. The maximum atomic E-state index is 12.6. The highest BCUT2D eigenvalue weighted by molar-refractivity contribution is 5.97. The van der Waals surface area contributed by atoms with E-state index in [0.717, 1.165) is 31.2 Å². The molecule has 1 fully saturated rings. The van der Waals surface area contributed by atoms with Gasteiger partial charge in [-0.3, -0.25) is 4.79 Å². The molecule has 1 amide bonds. The minimum Gasteiger partial charge on any atom is -0.481 e. The Morgan fingerprint density at radius 1 is 1.48 bits per heavy atom. The summed E-state index contributed by atoms with van der Waals surface area (Å²) < 4.78 is 10.7. The summed E-state index contributed by atoms with van der Waals surface area (Å²) in [6.07, 6.45) is 5.31. The van der Waals surface area contributed by atoms with Crippen molar-refractivity contribution in [3.05, 3.63) is 17.8 Å². The van der Waals surface area contributed by atoms with E-state index < -0.39 is 5.60 Å². The van der Waals surface area contributed by atoms with Gasteiger partial charge in [0.1, 0.15) is 5.60 Å². The topological polar surface area (TPSA) is 60.5 Å². The molecule has 0 unspecified atom stereocenters. The first kappa shape index (κ1) is 15.8. The molecule has 1 aliphatic carbocycles. The van der Waals surface area contributed by atoms with Gasteiger partial charge in [-0.1, -0.05) is 13.3 Å². The summed E-state index contributed by atoms with van der Waals surface area (Å²) in [5, 5.41) is 2.93. The summed E-state index contributed by atoms with van der Waals surface area (Å²) >= 11 is 0. The van der Waals surface area contributed by atoms with Crippen LogP contribution in [0.25, 0.3) is 0 Å². The Kier molecular flexibility index (Phi) is 4.83. The molecular weight excluding hydrogens is 268 g/mol. The van der Waals surface area contributed by atoms with Gasteiger partial charge in [-0.15, -0.1) is 0 Å². The second-order valence-electron chi connectivity index (χ2n) is 5.90. The fourth-order valence-electron chi connectivity index (χ4n) is 3.08. The number of aryl methyl sites for hydroxylation is 1. The van der Waals surface area contributed by atoms with Crippen LogP contribution in [0.1, 0.15) is 38.2 Å². The SMILES string of the molecule is COc1ncc(NC(=O)[C@@]2(OC)CCC[C@@H](C)C2)cc1C. The molecule has 1 heterocycles. The zero-order chi connectivity index (χ0) is 15.5. The Labute approximate surface area is 126 Å². The first-order valence-corrected chi connectivity index (χ1v) is 7.38. The maximum absolute atomic E-state index is 12.6. The number of hydrogen-bond donors (Lipinski definition) is 1. The number of hydrogen-bond acceptors (Lipinski definition) is 4. The fourth-order valence-corrected chi connectivity index (χ4v) is 3.08. The molecule has 1 aromatic rings. The molecule has 0 bridgehead atoms. The predicted molar refractivity (Wildman–Crippen MR) is 81.5 cm³/mol. The number of carbonyl (C=O) groups excluding carboxylic acids is 1. The highest BCUT2D eigenvalue weighted by Crippen LogP contribution is 2.35. The van der Waals surface area contributed by atoms with E-state index in [0.29, 0.717) is 17.5 Å². The first-order valence-electron chi connectivity index (χ1n) is 7.38. The summed E-state index contributed by atoms with van der Waals surface area (Å²) in [6.45, 7) is 4.07.